The van der Waals surface area contributed by atoms with Gasteiger partial charge in [0.25, 0.3) is 11.8 Å². The van der Waals surface area contributed by atoms with Crippen molar-refractivity contribution in [1.82, 2.24) is 9.80 Å². The molecule has 1 aliphatic rings. The Hall–Kier alpha value is -2.79. The van der Waals surface area contributed by atoms with Gasteiger partial charge in [0.2, 0.25) is 0 Å². The van der Waals surface area contributed by atoms with Gasteiger partial charge in [0.15, 0.2) is 11.5 Å². The van der Waals surface area contributed by atoms with Gasteiger partial charge in [-0.05, 0) is 18.2 Å². The number of hydrogen-bond donors (Lipinski definition) is 0. The summed E-state index contributed by atoms with van der Waals surface area (Å²) in [6.45, 7) is -0.0195. The number of urea groups is 1. The lowest BCUT2D eigenvalue weighted by atomic mass is 10.1. The van der Waals surface area contributed by atoms with Gasteiger partial charge in [0, 0.05) is 24.1 Å². The minimum Gasteiger partial charge on any atom is -0.493 e. The molecule has 1 aliphatic heterocycles. The third-order valence-electron chi connectivity index (χ3n) is 3.51. The maximum Gasteiger partial charge on any atom is 0.333 e. The highest BCUT2D eigenvalue weighted by Crippen LogP contribution is 2.36. The predicted octanol–water partition coefficient (Wildman–Crippen LogP) is 1.90. The van der Waals surface area contributed by atoms with E-state index in [0.717, 1.165) is 9.80 Å². The number of hydrogen-bond acceptors (Lipinski definition) is 5. The first-order valence-electron chi connectivity index (χ1n) is 7.07. The quantitative estimate of drug-likeness (QED) is 0.433. The second-order valence-corrected chi connectivity index (χ2v) is 6.00. The molecule has 0 spiro atoms. The van der Waals surface area contributed by atoms with Crippen LogP contribution >= 0.6 is 15.9 Å². The third-order valence-corrected chi connectivity index (χ3v) is 3.97. The molecule has 0 atom stereocenters. The summed E-state index contributed by atoms with van der Waals surface area (Å²) in [5.41, 5.74) is 0.240. The first-order valence-corrected chi connectivity index (χ1v) is 7.86. The molecule has 2 rings (SSSR count). The number of carbonyl (C=O) groups excluding carboxylic acids is 3. The van der Waals surface area contributed by atoms with Crippen molar-refractivity contribution in [2.45, 2.75) is 0 Å². The highest BCUT2D eigenvalue weighted by Gasteiger charge is 2.38. The molecule has 0 saturated carbocycles. The number of carbonyl (C=O) groups is 3. The molecular formula is C17H15BrN2O5. The van der Waals surface area contributed by atoms with Crippen LogP contribution in [0.25, 0.3) is 6.08 Å². The SMILES string of the molecule is C#CCOc1c(C=C2C(=O)N(C)C(=O)N(C)C2=O)cc(Br)cc1OC. The Balaban J connectivity index is 2.61. The van der Waals surface area contributed by atoms with Crippen molar-refractivity contribution in [3.05, 3.63) is 27.7 Å². The van der Waals surface area contributed by atoms with Gasteiger partial charge >= 0.3 is 6.03 Å². The Morgan fingerprint density at radius 1 is 1.20 bits per heavy atom. The Labute approximate surface area is 153 Å². The number of rotatable bonds is 4. The molecule has 0 aromatic heterocycles. The molecule has 0 aliphatic carbocycles. The van der Waals surface area contributed by atoms with Crippen LogP contribution < -0.4 is 9.47 Å². The highest BCUT2D eigenvalue weighted by molar-refractivity contribution is 9.10. The summed E-state index contributed by atoms with van der Waals surface area (Å²) in [5, 5.41) is 0. The molecule has 130 valence electrons. The van der Waals surface area contributed by atoms with Gasteiger partial charge < -0.3 is 9.47 Å². The first-order chi connectivity index (χ1) is 11.8. The number of halogens is 1. The van der Waals surface area contributed by atoms with Crippen LogP contribution in [0.15, 0.2) is 22.2 Å². The van der Waals surface area contributed by atoms with Crippen molar-refractivity contribution in [3.63, 3.8) is 0 Å². The number of benzene rings is 1. The average Bonchev–Trinajstić information content (AvgIpc) is 2.60. The van der Waals surface area contributed by atoms with Crippen molar-refractivity contribution in [1.29, 1.82) is 0 Å². The topological polar surface area (TPSA) is 76.2 Å². The fourth-order valence-corrected chi connectivity index (χ4v) is 2.70. The number of likely N-dealkylation sites (N-methyl/N-ethyl adjacent to an activating group) is 2. The van der Waals surface area contributed by atoms with Crippen molar-refractivity contribution >= 4 is 39.9 Å². The molecule has 1 aromatic rings. The Kier molecular flexibility index (Phi) is 5.49. The minimum atomic E-state index is -0.699. The maximum absolute atomic E-state index is 12.3. The molecule has 8 heteroatoms. The van der Waals surface area contributed by atoms with E-state index in [4.69, 9.17) is 15.9 Å². The summed E-state index contributed by atoms with van der Waals surface area (Å²) in [6.07, 6.45) is 6.58. The Morgan fingerprint density at radius 3 is 2.32 bits per heavy atom. The molecule has 25 heavy (non-hydrogen) atoms. The van der Waals surface area contributed by atoms with E-state index in [2.05, 4.69) is 21.9 Å². The van der Waals surface area contributed by atoms with Crippen molar-refractivity contribution in [2.75, 3.05) is 27.8 Å². The molecule has 1 aromatic carbocycles. The first kappa shape index (κ1) is 18.5. The number of imide groups is 2. The van der Waals surface area contributed by atoms with Gasteiger partial charge in [-0.25, -0.2) is 4.79 Å². The molecule has 4 amide bonds. The van der Waals surface area contributed by atoms with Crippen LogP contribution in [-0.2, 0) is 9.59 Å². The van der Waals surface area contributed by atoms with Crippen LogP contribution in [0.2, 0.25) is 0 Å². The third kappa shape index (κ3) is 3.51. The Bertz CT molecular complexity index is 799. The van der Waals surface area contributed by atoms with Gasteiger partial charge in [-0.2, -0.15) is 0 Å². The van der Waals surface area contributed by atoms with Crippen LogP contribution in [0, 0.1) is 12.3 Å². The molecule has 0 N–H and O–H groups in total. The molecule has 0 bridgehead atoms. The number of nitrogens with zero attached hydrogens (tertiary/aromatic N) is 2. The van der Waals surface area contributed by atoms with Gasteiger partial charge in [-0.1, -0.05) is 21.9 Å². The monoisotopic (exact) mass is 406 g/mol. The van der Waals surface area contributed by atoms with Crippen LogP contribution in [-0.4, -0.2) is 55.5 Å². The van der Waals surface area contributed by atoms with Crippen LogP contribution in [0.3, 0.4) is 0 Å². The Morgan fingerprint density at radius 2 is 1.80 bits per heavy atom. The smallest absolute Gasteiger partial charge is 0.333 e. The molecule has 0 radical (unpaired) electrons. The minimum absolute atomic E-state index is 0.0195. The standard InChI is InChI=1S/C17H15BrN2O5/c1-5-6-25-14-10(7-11(18)9-13(14)24-4)8-12-15(21)19(2)17(23)20(3)16(12)22/h1,7-9H,6H2,2-4H3. The molecule has 1 heterocycles. The van der Waals surface area contributed by atoms with E-state index < -0.39 is 17.8 Å². The van der Waals surface area contributed by atoms with E-state index >= 15 is 0 Å². The number of amides is 4. The molecule has 7 nitrogen and oxygen atoms in total. The van der Waals surface area contributed by atoms with Gasteiger partial charge in [0.1, 0.15) is 12.2 Å². The lowest BCUT2D eigenvalue weighted by molar-refractivity contribution is -0.134. The summed E-state index contributed by atoms with van der Waals surface area (Å²) in [6, 6.07) is 2.63. The van der Waals surface area contributed by atoms with Gasteiger partial charge in [0.05, 0.1) is 7.11 Å². The summed E-state index contributed by atoms with van der Waals surface area (Å²) in [7, 11) is 4.07. The van der Waals surface area contributed by atoms with Crippen molar-refractivity contribution in [3.8, 4) is 23.8 Å². The van der Waals surface area contributed by atoms with Gasteiger partial charge in [-0.15, -0.1) is 6.42 Å². The van der Waals surface area contributed by atoms with E-state index in [1.165, 1.54) is 27.3 Å². The average molecular weight is 407 g/mol. The predicted molar refractivity (Wildman–Crippen MR) is 93.9 cm³/mol. The van der Waals surface area contributed by atoms with Crippen molar-refractivity contribution < 1.29 is 23.9 Å². The number of barbiturate groups is 1. The van der Waals surface area contributed by atoms with Crippen LogP contribution in [0.5, 0.6) is 11.5 Å². The van der Waals surface area contributed by atoms with Crippen LogP contribution in [0.1, 0.15) is 5.56 Å². The zero-order valence-corrected chi connectivity index (χ0v) is 15.4. The normalized spacial score (nSPS) is 14.5. The van der Waals surface area contributed by atoms with E-state index in [1.54, 1.807) is 12.1 Å². The van der Waals surface area contributed by atoms with Gasteiger partial charge in [-0.3, -0.25) is 19.4 Å². The molecule has 0 unspecified atom stereocenters. The summed E-state index contributed by atoms with van der Waals surface area (Å²) < 4.78 is 11.4. The molecular weight excluding hydrogens is 392 g/mol. The van der Waals surface area contributed by atoms with E-state index in [9.17, 15) is 14.4 Å². The zero-order chi connectivity index (χ0) is 18.7. The molecule has 1 saturated heterocycles. The summed E-state index contributed by atoms with van der Waals surface area (Å²) in [4.78, 5) is 38.2. The largest absolute Gasteiger partial charge is 0.493 e. The van der Waals surface area contributed by atoms with Crippen molar-refractivity contribution in [2.24, 2.45) is 0 Å². The fourth-order valence-electron chi connectivity index (χ4n) is 2.25. The summed E-state index contributed by atoms with van der Waals surface area (Å²) in [5.74, 6) is 1.62. The van der Waals surface area contributed by atoms with E-state index in [0.29, 0.717) is 21.5 Å². The summed E-state index contributed by atoms with van der Waals surface area (Å²) >= 11 is 3.33. The lowest BCUT2D eigenvalue weighted by Gasteiger charge is -2.29. The van der Waals surface area contributed by atoms with E-state index in [1.807, 2.05) is 0 Å². The maximum atomic E-state index is 12.3. The number of methoxy groups -OCH3 is 1. The second-order valence-electron chi connectivity index (χ2n) is 5.09. The second kappa shape index (κ2) is 7.40. The highest BCUT2D eigenvalue weighted by atomic mass is 79.9. The van der Waals surface area contributed by atoms with Crippen LogP contribution in [0.4, 0.5) is 4.79 Å². The molecule has 1 fully saturated rings. The zero-order valence-electron chi connectivity index (χ0n) is 13.8. The lowest BCUT2D eigenvalue weighted by Crippen LogP contribution is -2.52. The fraction of sp³-hybridized carbons (Fsp3) is 0.235. The van der Waals surface area contributed by atoms with E-state index in [-0.39, 0.29) is 12.2 Å². The number of terminal acetylenes is 1. The number of ether oxygens (including phenoxy) is 2.